The Morgan fingerprint density at radius 3 is 2.14 bits per heavy atom. The smallest absolute Gasteiger partial charge is 0.243 e. The summed E-state index contributed by atoms with van der Waals surface area (Å²) in [7, 11) is 0. The van der Waals surface area contributed by atoms with Crippen LogP contribution in [-0.4, -0.2) is 12.5 Å². The number of carbonyl (C=O) groups excluding carboxylic acids is 1. The van der Waals surface area contributed by atoms with Crippen molar-refractivity contribution in [3.63, 3.8) is 0 Å². The number of amides is 1. The van der Waals surface area contributed by atoms with E-state index in [1.165, 1.54) is 11.1 Å². The van der Waals surface area contributed by atoms with Gasteiger partial charge < -0.3 is 10.6 Å². The molecule has 1 amide bonds. The fourth-order valence-corrected chi connectivity index (χ4v) is 2.50. The van der Waals surface area contributed by atoms with Crippen LogP contribution in [0.1, 0.15) is 25.0 Å². The Morgan fingerprint density at radius 2 is 1.59 bits per heavy atom. The highest BCUT2D eigenvalue weighted by Crippen LogP contribution is 2.22. The Kier molecular flexibility index (Phi) is 5.84. The van der Waals surface area contributed by atoms with E-state index in [0.717, 1.165) is 24.2 Å². The van der Waals surface area contributed by atoms with E-state index in [-0.39, 0.29) is 12.5 Å². The molecule has 2 rings (SSSR count). The fourth-order valence-electron chi connectivity index (χ4n) is 2.38. The van der Waals surface area contributed by atoms with Crippen LogP contribution >= 0.6 is 11.6 Å². The molecule has 4 heteroatoms. The maximum Gasteiger partial charge on any atom is 0.243 e. The van der Waals surface area contributed by atoms with Crippen molar-refractivity contribution in [1.29, 1.82) is 0 Å². The minimum absolute atomic E-state index is 0.0738. The molecule has 2 aromatic rings. The van der Waals surface area contributed by atoms with Gasteiger partial charge >= 0.3 is 0 Å². The number of aryl methyl sites for hydroxylation is 2. The molecule has 116 valence electrons. The van der Waals surface area contributed by atoms with Gasteiger partial charge in [0, 0.05) is 16.4 Å². The Morgan fingerprint density at radius 1 is 1.00 bits per heavy atom. The Balaban J connectivity index is 2.00. The van der Waals surface area contributed by atoms with E-state index in [9.17, 15) is 4.79 Å². The molecule has 0 atom stereocenters. The highest BCUT2D eigenvalue weighted by molar-refractivity contribution is 6.30. The average molecular weight is 317 g/mol. The van der Waals surface area contributed by atoms with E-state index in [4.69, 9.17) is 11.6 Å². The number of anilines is 2. The summed E-state index contributed by atoms with van der Waals surface area (Å²) in [5, 5.41) is 6.78. The van der Waals surface area contributed by atoms with Gasteiger partial charge in [0.15, 0.2) is 0 Å². The zero-order valence-electron chi connectivity index (χ0n) is 12.9. The third kappa shape index (κ3) is 4.25. The van der Waals surface area contributed by atoms with Crippen molar-refractivity contribution in [2.24, 2.45) is 0 Å². The first-order chi connectivity index (χ1) is 10.6. The third-order valence-electron chi connectivity index (χ3n) is 3.55. The van der Waals surface area contributed by atoms with E-state index in [1.54, 1.807) is 24.3 Å². The summed E-state index contributed by atoms with van der Waals surface area (Å²) >= 11 is 5.83. The van der Waals surface area contributed by atoms with Crippen LogP contribution in [-0.2, 0) is 17.6 Å². The predicted molar refractivity (Wildman–Crippen MR) is 93.8 cm³/mol. The largest absolute Gasteiger partial charge is 0.376 e. The molecule has 2 aromatic carbocycles. The lowest BCUT2D eigenvalue weighted by Crippen LogP contribution is -2.22. The molecular formula is C18H21ClN2O. The van der Waals surface area contributed by atoms with Gasteiger partial charge in [-0.3, -0.25) is 4.79 Å². The lowest BCUT2D eigenvalue weighted by atomic mass is 10.0. The molecule has 0 aromatic heterocycles. The van der Waals surface area contributed by atoms with Crippen molar-refractivity contribution in [2.75, 3.05) is 17.2 Å². The van der Waals surface area contributed by atoms with Crippen molar-refractivity contribution in [2.45, 2.75) is 26.7 Å². The second kappa shape index (κ2) is 7.85. The zero-order chi connectivity index (χ0) is 15.9. The number of halogens is 1. The first-order valence-electron chi connectivity index (χ1n) is 7.54. The molecule has 0 radical (unpaired) electrons. The quantitative estimate of drug-likeness (QED) is 0.823. The minimum atomic E-state index is -0.0738. The van der Waals surface area contributed by atoms with Crippen LogP contribution in [0, 0.1) is 0 Å². The fraction of sp³-hybridized carbons (Fsp3) is 0.278. The molecule has 0 fully saturated rings. The van der Waals surface area contributed by atoms with Crippen LogP contribution in [0.5, 0.6) is 0 Å². The summed E-state index contributed by atoms with van der Waals surface area (Å²) in [5.41, 5.74) is 4.30. The van der Waals surface area contributed by atoms with Crippen LogP contribution < -0.4 is 10.6 Å². The highest BCUT2D eigenvalue weighted by atomic mass is 35.5. The van der Waals surface area contributed by atoms with Crippen LogP contribution in [0.3, 0.4) is 0 Å². The highest BCUT2D eigenvalue weighted by Gasteiger charge is 2.08. The lowest BCUT2D eigenvalue weighted by Gasteiger charge is -2.15. The molecular weight excluding hydrogens is 296 g/mol. The second-order valence-corrected chi connectivity index (χ2v) is 5.50. The molecule has 0 bridgehead atoms. The Hall–Kier alpha value is -2.00. The van der Waals surface area contributed by atoms with Gasteiger partial charge in [0.1, 0.15) is 0 Å². The number of hydrogen-bond donors (Lipinski definition) is 2. The number of nitrogens with one attached hydrogen (secondary N) is 2. The first-order valence-corrected chi connectivity index (χ1v) is 7.91. The first kappa shape index (κ1) is 16.4. The molecule has 0 spiro atoms. The lowest BCUT2D eigenvalue weighted by molar-refractivity contribution is -0.114. The minimum Gasteiger partial charge on any atom is -0.376 e. The molecule has 3 nitrogen and oxygen atoms in total. The molecule has 0 heterocycles. The van der Waals surface area contributed by atoms with Crippen molar-refractivity contribution in [3.05, 3.63) is 58.6 Å². The van der Waals surface area contributed by atoms with E-state index < -0.39 is 0 Å². The van der Waals surface area contributed by atoms with E-state index in [2.05, 4.69) is 42.7 Å². The van der Waals surface area contributed by atoms with Gasteiger partial charge in [0.05, 0.1) is 6.54 Å². The van der Waals surface area contributed by atoms with Gasteiger partial charge in [-0.15, -0.1) is 0 Å². The SMILES string of the molecule is CCc1cccc(CC)c1NCC(=O)Nc1ccc(Cl)cc1. The second-order valence-electron chi connectivity index (χ2n) is 5.07. The normalized spacial score (nSPS) is 10.3. The number of para-hydroxylation sites is 1. The van der Waals surface area contributed by atoms with Crippen LogP contribution in [0.2, 0.25) is 5.02 Å². The molecule has 22 heavy (non-hydrogen) atoms. The molecule has 0 aliphatic carbocycles. The third-order valence-corrected chi connectivity index (χ3v) is 3.80. The maximum atomic E-state index is 12.1. The number of benzene rings is 2. The van der Waals surface area contributed by atoms with Crippen molar-refractivity contribution < 1.29 is 4.79 Å². The molecule has 0 unspecified atom stereocenters. The molecule has 0 saturated heterocycles. The van der Waals surface area contributed by atoms with Gasteiger partial charge in [-0.1, -0.05) is 43.6 Å². The Bertz CT molecular complexity index is 616. The van der Waals surface area contributed by atoms with Crippen molar-refractivity contribution in [3.8, 4) is 0 Å². The summed E-state index contributed by atoms with van der Waals surface area (Å²) in [4.78, 5) is 12.1. The maximum absolute atomic E-state index is 12.1. The van der Waals surface area contributed by atoms with Gasteiger partial charge in [-0.2, -0.15) is 0 Å². The predicted octanol–water partition coefficient (Wildman–Crippen LogP) is 4.52. The van der Waals surface area contributed by atoms with E-state index in [0.29, 0.717) is 5.02 Å². The van der Waals surface area contributed by atoms with Gasteiger partial charge in [-0.25, -0.2) is 0 Å². The van der Waals surface area contributed by atoms with Gasteiger partial charge in [-0.05, 0) is 48.2 Å². The summed E-state index contributed by atoms with van der Waals surface area (Å²) in [5.74, 6) is -0.0738. The van der Waals surface area contributed by atoms with Crippen molar-refractivity contribution in [1.82, 2.24) is 0 Å². The number of hydrogen-bond acceptors (Lipinski definition) is 2. The molecule has 0 aliphatic heterocycles. The van der Waals surface area contributed by atoms with Gasteiger partial charge in [0.2, 0.25) is 5.91 Å². The van der Waals surface area contributed by atoms with Crippen LogP contribution in [0.25, 0.3) is 0 Å². The number of carbonyl (C=O) groups is 1. The summed E-state index contributed by atoms with van der Waals surface area (Å²) in [6.45, 7) is 4.48. The van der Waals surface area contributed by atoms with Gasteiger partial charge in [0.25, 0.3) is 0 Å². The Labute approximate surface area is 136 Å². The molecule has 0 saturated carbocycles. The van der Waals surface area contributed by atoms with Crippen molar-refractivity contribution >= 4 is 28.9 Å². The number of rotatable bonds is 6. The van der Waals surface area contributed by atoms with Crippen LogP contribution in [0.4, 0.5) is 11.4 Å². The van der Waals surface area contributed by atoms with E-state index in [1.807, 2.05) is 0 Å². The van der Waals surface area contributed by atoms with E-state index >= 15 is 0 Å². The zero-order valence-corrected chi connectivity index (χ0v) is 13.7. The summed E-state index contributed by atoms with van der Waals surface area (Å²) in [6, 6.07) is 13.3. The van der Waals surface area contributed by atoms with Crippen LogP contribution in [0.15, 0.2) is 42.5 Å². The molecule has 0 aliphatic rings. The summed E-state index contributed by atoms with van der Waals surface area (Å²) < 4.78 is 0. The standard InChI is InChI=1S/C18H21ClN2O/c1-3-13-6-5-7-14(4-2)18(13)20-12-17(22)21-16-10-8-15(19)9-11-16/h5-11,20H,3-4,12H2,1-2H3,(H,21,22). The average Bonchev–Trinajstić information content (AvgIpc) is 2.54. The monoisotopic (exact) mass is 316 g/mol. The molecule has 2 N–H and O–H groups in total. The summed E-state index contributed by atoms with van der Waals surface area (Å²) in [6.07, 6.45) is 1.88. The topological polar surface area (TPSA) is 41.1 Å².